The van der Waals surface area contributed by atoms with Crippen LogP contribution in [0.1, 0.15) is 19.8 Å². The van der Waals surface area contributed by atoms with Crippen LogP contribution in [0, 0.1) is 0 Å². The van der Waals surface area contributed by atoms with Crippen LogP contribution in [0.2, 0.25) is 0 Å². The molecular formula is C12H22N2O5. The molecule has 1 aliphatic rings. The molecule has 110 valence electrons. The Bertz CT molecular complexity index is 310. The number of aliphatic hydroxyl groups is 1. The number of rotatable bonds is 7. The van der Waals surface area contributed by atoms with Gasteiger partial charge in [0.05, 0.1) is 25.4 Å². The SMILES string of the molecule is CC1CN(CC(=O)NCCCC(=O)O)CC(CO)O1. The number of aliphatic carboxylic acids is 1. The number of carboxylic acids is 1. The van der Waals surface area contributed by atoms with Crippen molar-refractivity contribution < 1.29 is 24.5 Å². The van der Waals surface area contributed by atoms with Crippen molar-refractivity contribution in [2.24, 2.45) is 0 Å². The molecule has 0 spiro atoms. The summed E-state index contributed by atoms with van der Waals surface area (Å²) in [5, 5.41) is 20.2. The van der Waals surface area contributed by atoms with E-state index in [0.29, 0.717) is 26.1 Å². The van der Waals surface area contributed by atoms with E-state index in [4.69, 9.17) is 14.9 Å². The van der Waals surface area contributed by atoms with Crippen molar-refractivity contribution in [2.45, 2.75) is 32.0 Å². The van der Waals surface area contributed by atoms with Crippen molar-refractivity contribution in [1.82, 2.24) is 10.2 Å². The summed E-state index contributed by atoms with van der Waals surface area (Å²) < 4.78 is 5.48. The van der Waals surface area contributed by atoms with Gasteiger partial charge in [-0.05, 0) is 13.3 Å². The number of hydrogen-bond acceptors (Lipinski definition) is 5. The van der Waals surface area contributed by atoms with Crippen molar-refractivity contribution in [3.8, 4) is 0 Å². The summed E-state index contributed by atoms with van der Waals surface area (Å²) in [6, 6.07) is 0. The average molecular weight is 274 g/mol. The van der Waals surface area contributed by atoms with E-state index in [-0.39, 0.29) is 37.7 Å². The number of carbonyl (C=O) groups excluding carboxylic acids is 1. The highest BCUT2D eigenvalue weighted by molar-refractivity contribution is 5.78. The molecule has 3 N–H and O–H groups in total. The Morgan fingerprint density at radius 1 is 1.42 bits per heavy atom. The predicted octanol–water partition coefficient (Wildman–Crippen LogP) is -0.951. The van der Waals surface area contributed by atoms with Crippen LogP contribution in [0.5, 0.6) is 0 Å². The molecule has 0 aliphatic carbocycles. The normalized spacial score (nSPS) is 24.1. The van der Waals surface area contributed by atoms with Crippen LogP contribution < -0.4 is 5.32 Å². The minimum atomic E-state index is -0.859. The monoisotopic (exact) mass is 274 g/mol. The zero-order valence-electron chi connectivity index (χ0n) is 11.2. The fourth-order valence-electron chi connectivity index (χ4n) is 2.10. The Kier molecular flexibility index (Phi) is 6.75. The largest absolute Gasteiger partial charge is 0.481 e. The van der Waals surface area contributed by atoms with Crippen LogP contribution >= 0.6 is 0 Å². The maximum absolute atomic E-state index is 11.7. The van der Waals surface area contributed by atoms with Gasteiger partial charge < -0.3 is 20.3 Å². The summed E-state index contributed by atoms with van der Waals surface area (Å²) in [5.41, 5.74) is 0. The molecule has 1 aliphatic heterocycles. The first-order valence-corrected chi connectivity index (χ1v) is 6.48. The molecule has 7 nitrogen and oxygen atoms in total. The van der Waals surface area contributed by atoms with Gasteiger partial charge in [-0.15, -0.1) is 0 Å². The zero-order valence-corrected chi connectivity index (χ0v) is 11.2. The molecule has 0 aromatic heterocycles. The summed E-state index contributed by atoms with van der Waals surface area (Å²) in [6.07, 6.45) is 0.232. The van der Waals surface area contributed by atoms with E-state index in [9.17, 15) is 9.59 Å². The highest BCUT2D eigenvalue weighted by atomic mass is 16.5. The van der Waals surface area contributed by atoms with Crippen molar-refractivity contribution in [2.75, 3.05) is 32.8 Å². The minimum Gasteiger partial charge on any atom is -0.481 e. The first-order chi connectivity index (χ1) is 9.01. The van der Waals surface area contributed by atoms with E-state index in [2.05, 4.69) is 5.32 Å². The molecule has 0 aromatic carbocycles. The number of nitrogens with one attached hydrogen (secondary N) is 1. The van der Waals surface area contributed by atoms with Gasteiger partial charge >= 0.3 is 5.97 Å². The Hall–Kier alpha value is -1.18. The lowest BCUT2D eigenvalue weighted by atomic mass is 10.2. The van der Waals surface area contributed by atoms with E-state index < -0.39 is 5.97 Å². The Morgan fingerprint density at radius 3 is 2.79 bits per heavy atom. The second-order valence-corrected chi connectivity index (χ2v) is 4.79. The fourth-order valence-corrected chi connectivity index (χ4v) is 2.10. The maximum atomic E-state index is 11.7. The van der Waals surface area contributed by atoms with Crippen LogP contribution in [0.15, 0.2) is 0 Å². The van der Waals surface area contributed by atoms with Gasteiger partial charge in [0.15, 0.2) is 0 Å². The summed E-state index contributed by atoms with van der Waals surface area (Å²) >= 11 is 0. The number of ether oxygens (including phenoxy) is 1. The average Bonchev–Trinajstić information content (AvgIpc) is 2.33. The van der Waals surface area contributed by atoms with Gasteiger partial charge in [0.1, 0.15) is 0 Å². The number of hydrogen-bond donors (Lipinski definition) is 3. The van der Waals surface area contributed by atoms with Crippen LogP contribution in [0.25, 0.3) is 0 Å². The third kappa shape index (κ3) is 6.51. The number of aliphatic hydroxyl groups excluding tert-OH is 1. The Labute approximate surface area is 112 Å². The van der Waals surface area contributed by atoms with Crippen molar-refractivity contribution >= 4 is 11.9 Å². The molecule has 1 heterocycles. The molecule has 1 saturated heterocycles. The van der Waals surface area contributed by atoms with E-state index in [1.165, 1.54) is 0 Å². The second-order valence-electron chi connectivity index (χ2n) is 4.79. The quantitative estimate of drug-likeness (QED) is 0.518. The number of carbonyl (C=O) groups is 2. The predicted molar refractivity (Wildman–Crippen MR) is 67.7 cm³/mol. The van der Waals surface area contributed by atoms with E-state index in [1.54, 1.807) is 0 Å². The molecule has 0 bridgehead atoms. The van der Waals surface area contributed by atoms with Gasteiger partial charge in [0.25, 0.3) is 0 Å². The number of nitrogens with zero attached hydrogens (tertiary/aromatic N) is 1. The lowest BCUT2D eigenvalue weighted by Gasteiger charge is -2.35. The maximum Gasteiger partial charge on any atom is 0.303 e. The van der Waals surface area contributed by atoms with Crippen molar-refractivity contribution in [3.63, 3.8) is 0 Å². The smallest absolute Gasteiger partial charge is 0.303 e. The third-order valence-corrected chi connectivity index (χ3v) is 2.86. The Morgan fingerprint density at radius 2 is 2.16 bits per heavy atom. The van der Waals surface area contributed by atoms with Gasteiger partial charge in [-0.1, -0.05) is 0 Å². The van der Waals surface area contributed by atoms with Crippen LogP contribution in [-0.4, -0.2) is 72.0 Å². The molecule has 1 amide bonds. The molecule has 1 rings (SSSR count). The number of carboxylic acid groups (broad SMARTS) is 1. The van der Waals surface area contributed by atoms with Crippen molar-refractivity contribution in [3.05, 3.63) is 0 Å². The van der Waals surface area contributed by atoms with Crippen LogP contribution in [-0.2, 0) is 14.3 Å². The van der Waals surface area contributed by atoms with Gasteiger partial charge in [0.2, 0.25) is 5.91 Å². The highest BCUT2D eigenvalue weighted by Crippen LogP contribution is 2.10. The first kappa shape index (κ1) is 15.9. The van der Waals surface area contributed by atoms with Gasteiger partial charge in [-0.2, -0.15) is 0 Å². The summed E-state index contributed by atoms with van der Waals surface area (Å²) in [5.74, 6) is -0.988. The lowest BCUT2D eigenvalue weighted by molar-refractivity contribution is -0.137. The molecule has 2 atom stereocenters. The molecule has 0 saturated carbocycles. The molecule has 1 fully saturated rings. The molecule has 0 radical (unpaired) electrons. The highest BCUT2D eigenvalue weighted by Gasteiger charge is 2.25. The van der Waals surface area contributed by atoms with Crippen LogP contribution in [0.3, 0.4) is 0 Å². The third-order valence-electron chi connectivity index (χ3n) is 2.86. The number of morpholine rings is 1. The molecule has 7 heteroatoms. The zero-order chi connectivity index (χ0) is 14.3. The second kappa shape index (κ2) is 8.08. The fraction of sp³-hybridized carbons (Fsp3) is 0.833. The number of amides is 1. The van der Waals surface area contributed by atoms with E-state index in [0.717, 1.165) is 0 Å². The molecule has 0 aromatic rings. The van der Waals surface area contributed by atoms with Crippen molar-refractivity contribution in [1.29, 1.82) is 0 Å². The topological polar surface area (TPSA) is 99.1 Å². The van der Waals surface area contributed by atoms with E-state index >= 15 is 0 Å². The Balaban J connectivity index is 2.22. The van der Waals surface area contributed by atoms with Crippen LogP contribution in [0.4, 0.5) is 0 Å². The van der Waals surface area contributed by atoms with Gasteiger partial charge in [0, 0.05) is 26.1 Å². The molecule has 2 unspecified atom stereocenters. The van der Waals surface area contributed by atoms with Gasteiger partial charge in [-0.25, -0.2) is 0 Å². The molecule has 19 heavy (non-hydrogen) atoms. The standard InChI is InChI=1S/C12H22N2O5/c1-9-5-14(6-10(8-15)19-9)7-11(16)13-4-2-3-12(17)18/h9-10,15H,2-8H2,1H3,(H,13,16)(H,17,18). The van der Waals surface area contributed by atoms with E-state index in [1.807, 2.05) is 11.8 Å². The lowest BCUT2D eigenvalue weighted by Crippen LogP contribution is -2.51. The summed E-state index contributed by atoms with van der Waals surface area (Å²) in [6.45, 7) is 3.65. The summed E-state index contributed by atoms with van der Waals surface area (Å²) in [4.78, 5) is 23.9. The van der Waals surface area contributed by atoms with Gasteiger partial charge in [-0.3, -0.25) is 14.5 Å². The first-order valence-electron chi connectivity index (χ1n) is 6.48. The summed E-state index contributed by atoms with van der Waals surface area (Å²) in [7, 11) is 0. The molecular weight excluding hydrogens is 252 g/mol. The minimum absolute atomic E-state index is 0.00860.